The summed E-state index contributed by atoms with van der Waals surface area (Å²) in [6.07, 6.45) is 2.93. The van der Waals surface area contributed by atoms with Crippen molar-refractivity contribution in [2.45, 2.75) is 51.7 Å². The first-order valence-electron chi connectivity index (χ1n) is 6.55. The molecule has 0 radical (unpaired) electrons. The Morgan fingerprint density at radius 2 is 2.11 bits per heavy atom. The zero-order valence-electron chi connectivity index (χ0n) is 11.5. The fraction of sp³-hybridized carbons (Fsp3) is 0.615. The van der Waals surface area contributed by atoms with Crippen molar-refractivity contribution >= 4 is 23.2 Å². The van der Waals surface area contributed by atoms with Crippen LogP contribution in [0.15, 0.2) is 11.6 Å². The molecule has 19 heavy (non-hydrogen) atoms. The van der Waals surface area contributed by atoms with Gasteiger partial charge in [-0.2, -0.15) is 0 Å². The Morgan fingerprint density at radius 1 is 1.42 bits per heavy atom. The summed E-state index contributed by atoms with van der Waals surface area (Å²) < 4.78 is 0. The molecule has 1 aliphatic rings. The van der Waals surface area contributed by atoms with E-state index >= 15 is 0 Å². The average molecular weight is 281 g/mol. The molecule has 0 saturated carbocycles. The molecule has 1 aliphatic heterocycles. The van der Waals surface area contributed by atoms with E-state index in [1.807, 2.05) is 19.2 Å². The van der Waals surface area contributed by atoms with E-state index in [1.165, 1.54) is 11.3 Å². The largest absolute Gasteiger partial charge is 0.340 e. The normalized spacial score (nSPS) is 22.5. The molecule has 6 heteroatoms. The maximum atomic E-state index is 12.7. The Bertz CT molecular complexity index is 468. The molecule has 1 aromatic rings. The molecular weight excluding hydrogens is 262 g/mol. The highest BCUT2D eigenvalue weighted by atomic mass is 32.1. The minimum absolute atomic E-state index is 0.000185. The summed E-state index contributed by atoms with van der Waals surface area (Å²) in [5.41, 5.74) is -0.749. The molecule has 2 amide bonds. The van der Waals surface area contributed by atoms with E-state index in [1.54, 1.807) is 18.0 Å². The van der Waals surface area contributed by atoms with E-state index < -0.39 is 11.6 Å². The first-order chi connectivity index (χ1) is 9.04. The molecule has 1 aromatic heterocycles. The van der Waals surface area contributed by atoms with Crippen LogP contribution in [0, 0.1) is 0 Å². The lowest BCUT2D eigenvalue weighted by Crippen LogP contribution is -2.69. The predicted octanol–water partition coefficient (Wildman–Crippen LogP) is 1.55. The van der Waals surface area contributed by atoms with Gasteiger partial charge in [0.05, 0.1) is 6.54 Å². The number of aromatic nitrogens is 1. The number of carbonyl (C=O) groups is 2. The third-order valence-corrected chi connectivity index (χ3v) is 4.64. The fourth-order valence-corrected chi connectivity index (χ4v) is 3.01. The van der Waals surface area contributed by atoms with Gasteiger partial charge in [0.1, 0.15) is 16.6 Å². The predicted molar refractivity (Wildman–Crippen MR) is 73.6 cm³/mol. The number of hydrogen-bond donors (Lipinski definition) is 1. The number of rotatable bonds is 4. The van der Waals surface area contributed by atoms with Gasteiger partial charge in [0.25, 0.3) is 0 Å². The number of thiazole rings is 1. The van der Waals surface area contributed by atoms with Crippen LogP contribution >= 0.6 is 11.3 Å². The van der Waals surface area contributed by atoms with Crippen LogP contribution in [0.3, 0.4) is 0 Å². The SMILES string of the molecule is CCC1(CC)NC(=O)C(C)N(Cc2nccs2)C1=O. The van der Waals surface area contributed by atoms with E-state index in [0.29, 0.717) is 19.4 Å². The van der Waals surface area contributed by atoms with Crippen molar-refractivity contribution in [1.82, 2.24) is 15.2 Å². The van der Waals surface area contributed by atoms with Crippen LogP contribution in [-0.4, -0.2) is 33.3 Å². The van der Waals surface area contributed by atoms with Gasteiger partial charge in [-0.25, -0.2) is 4.98 Å². The van der Waals surface area contributed by atoms with E-state index in [-0.39, 0.29) is 11.8 Å². The quantitative estimate of drug-likeness (QED) is 0.911. The molecule has 104 valence electrons. The molecule has 5 nitrogen and oxygen atoms in total. The maximum Gasteiger partial charge on any atom is 0.249 e. The van der Waals surface area contributed by atoms with Gasteiger partial charge in [0.15, 0.2) is 0 Å². The summed E-state index contributed by atoms with van der Waals surface area (Å²) in [5, 5.41) is 5.62. The summed E-state index contributed by atoms with van der Waals surface area (Å²) in [4.78, 5) is 30.6. The van der Waals surface area contributed by atoms with Gasteiger partial charge < -0.3 is 10.2 Å². The molecule has 1 saturated heterocycles. The van der Waals surface area contributed by atoms with Crippen LogP contribution < -0.4 is 5.32 Å². The zero-order valence-corrected chi connectivity index (χ0v) is 12.3. The number of piperazine rings is 1. The van der Waals surface area contributed by atoms with Crippen LogP contribution in [0.25, 0.3) is 0 Å². The van der Waals surface area contributed by atoms with Crippen molar-refractivity contribution in [3.8, 4) is 0 Å². The maximum absolute atomic E-state index is 12.7. The van der Waals surface area contributed by atoms with Gasteiger partial charge >= 0.3 is 0 Å². The molecule has 2 heterocycles. The molecule has 1 atom stereocenters. The summed E-state index contributed by atoms with van der Waals surface area (Å²) >= 11 is 1.50. The Labute approximate surface area is 117 Å². The summed E-state index contributed by atoms with van der Waals surface area (Å²) in [7, 11) is 0. The monoisotopic (exact) mass is 281 g/mol. The third kappa shape index (κ3) is 2.36. The number of carbonyl (C=O) groups excluding carboxylic acids is 2. The molecule has 0 aromatic carbocycles. The molecule has 0 aliphatic carbocycles. The minimum Gasteiger partial charge on any atom is -0.340 e. The van der Waals surface area contributed by atoms with Gasteiger partial charge in [-0.1, -0.05) is 13.8 Å². The van der Waals surface area contributed by atoms with Gasteiger partial charge in [0, 0.05) is 11.6 Å². The second-order valence-electron chi connectivity index (χ2n) is 4.81. The lowest BCUT2D eigenvalue weighted by Gasteiger charge is -2.44. The lowest BCUT2D eigenvalue weighted by molar-refractivity contribution is -0.155. The Kier molecular flexibility index (Phi) is 3.89. The van der Waals surface area contributed by atoms with Gasteiger partial charge in [-0.05, 0) is 19.8 Å². The zero-order chi connectivity index (χ0) is 14.0. The summed E-state index contributed by atoms with van der Waals surface area (Å²) in [6, 6.07) is -0.442. The summed E-state index contributed by atoms with van der Waals surface area (Å²) in [5.74, 6) is -0.0837. The van der Waals surface area contributed by atoms with Crippen molar-refractivity contribution in [2.24, 2.45) is 0 Å². The van der Waals surface area contributed by atoms with Crippen molar-refractivity contribution in [3.63, 3.8) is 0 Å². The van der Waals surface area contributed by atoms with Crippen molar-refractivity contribution < 1.29 is 9.59 Å². The van der Waals surface area contributed by atoms with Gasteiger partial charge in [0.2, 0.25) is 11.8 Å². The second kappa shape index (κ2) is 5.28. The summed E-state index contributed by atoms with van der Waals surface area (Å²) in [6.45, 7) is 6.03. The third-order valence-electron chi connectivity index (χ3n) is 3.88. The minimum atomic E-state index is -0.749. The van der Waals surface area contributed by atoms with Crippen LogP contribution in [0.5, 0.6) is 0 Å². The first kappa shape index (κ1) is 14.0. The van der Waals surface area contributed by atoms with E-state index in [0.717, 1.165) is 5.01 Å². The smallest absolute Gasteiger partial charge is 0.249 e. The molecule has 1 N–H and O–H groups in total. The molecule has 1 fully saturated rings. The van der Waals surface area contributed by atoms with Crippen LogP contribution in [0.4, 0.5) is 0 Å². The van der Waals surface area contributed by atoms with Crippen molar-refractivity contribution in [3.05, 3.63) is 16.6 Å². The topological polar surface area (TPSA) is 62.3 Å². The first-order valence-corrected chi connectivity index (χ1v) is 7.43. The standard InChI is InChI=1S/C13H19N3O2S/c1-4-13(5-2)12(18)16(9(3)11(17)15-13)8-10-14-6-7-19-10/h6-7,9H,4-5,8H2,1-3H3,(H,15,17). The fourth-order valence-electron chi connectivity index (χ4n) is 2.40. The van der Waals surface area contributed by atoms with Crippen LogP contribution in [0.2, 0.25) is 0 Å². The van der Waals surface area contributed by atoms with Gasteiger partial charge in [-0.15, -0.1) is 11.3 Å². The van der Waals surface area contributed by atoms with E-state index in [4.69, 9.17) is 0 Å². The van der Waals surface area contributed by atoms with Crippen LogP contribution in [0.1, 0.15) is 38.6 Å². The van der Waals surface area contributed by atoms with Crippen molar-refractivity contribution in [1.29, 1.82) is 0 Å². The van der Waals surface area contributed by atoms with Gasteiger partial charge in [-0.3, -0.25) is 9.59 Å². The molecule has 0 bridgehead atoms. The van der Waals surface area contributed by atoms with E-state index in [2.05, 4.69) is 10.3 Å². The Hall–Kier alpha value is -1.43. The number of nitrogens with zero attached hydrogens (tertiary/aromatic N) is 2. The Morgan fingerprint density at radius 3 is 2.63 bits per heavy atom. The highest BCUT2D eigenvalue weighted by molar-refractivity contribution is 7.09. The van der Waals surface area contributed by atoms with Crippen LogP contribution in [-0.2, 0) is 16.1 Å². The average Bonchev–Trinajstić information content (AvgIpc) is 2.92. The molecular formula is C13H19N3O2S. The van der Waals surface area contributed by atoms with E-state index in [9.17, 15) is 9.59 Å². The number of nitrogens with one attached hydrogen (secondary N) is 1. The highest BCUT2D eigenvalue weighted by Crippen LogP contribution is 2.26. The Balaban J connectivity index is 2.28. The van der Waals surface area contributed by atoms with Crippen molar-refractivity contribution in [2.75, 3.05) is 0 Å². The lowest BCUT2D eigenvalue weighted by atomic mass is 9.87. The molecule has 2 rings (SSSR count). The second-order valence-corrected chi connectivity index (χ2v) is 5.79. The highest BCUT2D eigenvalue weighted by Gasteiger charge is 2.47. The number of amides is 2. The molecule has 0 spiro atoms. The number of hydrogen-bond acceptors (Lipinski definition) is 4. The molecule has 1 unspecified atom stereocenters.